The molecule has 2 unspecified atom stereocenters. The Balaban J connectivity index is 1.14. The molecule has 0 saturated carbocycles. The highest BCUT2D eigenvalue weighted by molar-refractivity contribution is 7.26. The summed E-state index contributed by atoms with van der Waals surface area (Å²) in [6.07, 6.45) is 8.56. The van der Waals surface area contributed by atoms with Crippen molar-refractivity contribution in [3.63, 3.8) is 0 Å². The maximum Gasteiger partial charge on any atom is 0.144 e. The van der Waals surface area contributed by atoms with Crippen LogP contribution < -0.4 is 9.64 Å². The summed E-state index contributed by atoms with van der Waals surface area (Å²) in [5.41, 5.74) is 7.85. The SMILES string of the molecule is C1=CC2Oc3ccccc3N(c3cccc(-c4ccc5sc6c(ccc7c(-c8ccccc8)nc8ccccc8c76)c5c4)c3)C2C=C1. The van der Waals surface area contributed by atoms with Gasteiger partial charge < -0.3 is 9.64 Å². The molecule has 8 aromatic rings. The highest BCUT2D eigenvalue weighted by Gasteiger charge is 2.34. The van der Waals surface area contributed by atoms with Gasteiger partial charge >= 0.3 is 0 Å². The number of pyridine rings is 1. The number of thiophene rings is 1. The molecule has 4 heteroatoms. The van der Waals surface area contributed by atoms with Crippen LogP contribution >= 0.6 is 11.3 Å². The zero-order valence-corrected chi connectivity index (χ0v) is 26.2. The quantitative estimate of drug-likeness (QED) is 0.184. The van der Waals surface area contributed by atoms with Crippen molar-refractivity contribution in [2.24, 2.45) is 0 Å². The fourth-order valence-electron chi connectivity index (χ4n) is 7.39. The Morgan fingerprint density at radius 1 is 0.596 bits per heavy atom. The van der Waals surface area contributed by atoms with Gasteiger partial charge in [-0.2, -0.15) is 0 Å². The van der Waals surface area contributed by atoms with Crippen molar-refractivity contribution in [2.75, 3.05) is 4.90 Å². The Bertz CT molecular complexity index is 2580. The lowest BCUT2D eigenvalue weighted by atomic mass is 9.96. The van der Waals surface area contributed by atoms with Gasteiger partial charge in [-0.3, -0.25) is 0 Å². The fraction of sp³-hybridized carbons (Fsp3) is 0.0465. The number of anilines is 2. The van der Waals surface area contributed by atoms with E-state index < -0.39 is 0 Å². The van der Waals surface area contributed by atoms with Crippen molar-refractivity contribution in [2.45, 2.75) is 12.1 Å². The average molecular weight is 621 g/mol. The number of hydrogen-bond acceptors (Lipinski definition) is 4. The molecule has 2 atom stereocenters. The summed E-state index contributed by atoms with van der Waals surface area (Å²) >= 11 is 1.88. The molecule has 0 N–H and O–H groups in total. The first-order valence-electron chi connectivity index (χ1n) is 16.0. The molecule has 0 amide bonds. The van der Waals surface area contributed by atoms with E-state index in [1.807, 2.05) is 17.4 Å². The molecule has 2 aliphatic rings. The number of nitrogens with zero attached hydrogens (tertiary/aromatic N) is 2. The number of ether oxygens (including phenoxy) is 1. The number of para-hydroxylation sites is 3. The van der Waals surface area contributed by atoms with Crippen LogP contribution in [0.3, 0.4) is 0 Å². The van der Waals surface area contributed by atoms with Gasteiger partial charge in [-0.25, -0.2) is 4.98 Å². The second kappa shape index (κ2) is 10.4. The monoisotopic (exact) mass is 620 g/mol. The summed E-state index contributed by atoms with van der Waals surface area (Å²) in [5.74, 6) is 0.913. The van der Waals surface area contributed by atoms with E-state index in [0.29, 0.717) is 0 Å². The second-order valence-corrected chi connectivity index (χ2v) is 13.3. The lowest BCUT2D eigenvalue weighted by molar-refractivity contribution is 0.218. The highest BCUT2D eigenvalue weighted by atomic mass is 32.1. The number of allylic oxidation sites excluding steroid dienone is 2. The predicted molar refractivity (Wildman–Crippen MR) is 198 cm³/mol. The van der Waals surface area contributed by atoms with Crippen molar-refractivity contribution >= 4 is 64.6 Å². The first kappa shape index (κ1) is 26.5. The Morgan fingerprint density at radius 3 is 2.34 bits per heavy atom. The Morgan fingerprint density at radius 2 is 1.38 bits per heavy atom. The van der Waals surface area contributed by atoms with E-state index in [-0.39, 0.29) is 12.1 Å². The number of benzene rings is 6. The third-order valence-corrected chi connectivity index (χ3v) is 10.8. The Hall–Kier alpha value is -5.71. The molecule has 0 saturated heterocycles. The van der Waals surface area contributed by atoms with Gasteiger partial charge in [0, 0.05) is 47.6 Å². The summed E-state index contributed by atoms with van der Waals surface area (Å²) < 4.78 is 8.99. The zero-order valence-electron chi connectivity index (χ0n) is 25.4. The summed E-state index contributed by atoms with van der Waals surface area (Å²) in [6, 6.07) is 48.0. The molecular formula is C43H28N2OS. The standard InChI is InChI=1S/C43H28N2OS/c1-2-11-27(12-3-1)42-33-23-22-31-34-26-29(21-24-40(34)47-43(31)41(33)32-15-4-5-16-35(32)44-42)28-13-10-14-30(25-28)45-36-17-6-8-19-38(36)46-39-20-9-7-18-37(39)45/h1-26,36,38H. The van der Waals surface area contributed by atoms with E-state index in [0.717, 1.165) is 33.9 Å². The van der Waals surface area contributed by atoms with Gasteiger partial charge in [0.2, 0.25) is 0 Å². The van der Waals surface area contributed by atoms with E-state index in [1.165, 1.54) is 47.5 Å². The minimum absolute atomic E-state index is 0.0319. The molecule has 222 valence electrons. The predicted octanol–water partition coefficient (Wildman–Crippen LogP) is 11.5. The van der Waals surface area contributed by atoms with Crippen LogP contribution in [0.5, 0.6) is 5.75 Å². The first-order chi connectivity index (χ1) is 23.3. The van der Waals surface area contributed by atoms with E-state index in [1.54, 1.807) is 0 Å². The third-order valence-electron chi connectivity index (χ3n) is 9.55. The lowest BCUT2D eigenvalue weighted by Gasteiger charge is -2.42. The van der Waals surface area contributed by atoms with E-state index >= 15 is 0 Å². The second-order valence-electron chi connectivity index (χ2n) is 12.3. The van der Waals surface area contributed by atoms with Crippen LogP contribution in [0.25, 0.3) is 64.2 Å². The van der Waals surface area contributed by atoms with Gasteiger partial charge in [-0.05, 0) is 59.7 Å². The van der Waals surface area contributed by atoms with Gasteiger partial charge in [0.1, 0.15) is 11.9 Å². The maximum atomic E-state index is 6.39. The largest absolute Gasteiger partial charge is 0.482 e. The van der Waals surface area contributed by atoms with Crippen molar-refractivity contribution < 1.29 is 4.74 Å². The lowest BCUT2D eigenvalue weighted by Crippen LogP contribution is -2.46. The molecule has 1 aliphatic carbocycles. The molecule has 0 fully saturated rings. The van der Waals surface area contributed by atoms with Crippen LogP contribution in [0.1, 0.15) is 0 Å². The molecule has 10 rings (SSSR count). The molecule has 1 aliphatic heterocycles. The summed E-state index contributed by atoms with van der Waals surface area (Å²) in [6.45, 7) is 0. The van der Waals surface area contributed by atoms with Gasteiger partial charge in [-0.1, -0.05) is 109 Å². The molecule has 0 radical (unpaired) electrons. The molecular weight excluding hydrogens is 593 g/mol. The summed E-state index contributed by atoms with van der Waals surface area (Å²) in [7, 11) is 0. The van der Waals surface area contributed by atoms with E-state index in [9.17, 15) is 0 Å². The fourth-order valence-corrected chi connectivity index (χ4v) is 8.64. The van der Waals surface area contributed by atoms with E-state index in [4.69, 9.17) is 9.72 Å². The van der Waals surface area contributed by atoms with Crippen molar-refractivity contribution in [1.29, 1.82) is 0 Å². The Kier molecular flexibility index (Phi) is 5.87. The van der Waals surface area contributed by atoms with Gasteiger partial charge in [0.25, 0.3) is 0 Å². The van der Waals surface area contributed by atoms with Gasteiger partial charge in [0.05, 0.1) is 22.9 Å². The molecule has 0 bridgehead atoms. The van der Waals surface area contributed by atoms with Crippen LogP contribution in [0, 0.1) is 0 Å². The normalized spacial score (nSPS) is 16.9. The molecule has 6 aromatic carbocycles. The minimum Gasteiger partial charge on any atom is -0.482 e. The average Bonchev–Trinajstić information content (AvgIpc) is 3.52. The van der Waals surface area contributed by atoms with Crippen molar-refractivity contribution in [3.05, 3.63) is 158 Å². The van der Waals surface area contributed by atoms with Crippen molar-refractivity contribution in [3.8, 4) is 28.1 Å². The Labute approximate surface area is 276 Å². The molecule has 3 heterocycles. The van der Waals surface area contributed by atoms with Crippen LogP contribution in [0.2, 0.25) is 0 Å². The third kappa shape index (κ3) is 4.15. The molecule has 0 spiro atoms. The van der Waals surface area contributed by atoms with Crippen molar-refractivity contribution in [1.82, 2.24) is 4.98 Å². The molecule has 47 heavy (non-hydrogen) atoms. The number of fused-ring (bicyclic) bond motifs is 9. The summed E-state index contributed by atoms with van der Waals surface area (Å²) in [5, 5.41) is 6.25. The van der Waals surface area contributed by atoms with E-state index in [2.05, 4.69) is 157 Å². The molecule has 2 aromatic heterocycles. The minimum atomic E-state index is -0.0319. The van der Waals surface area contributed by atoms with Crippen LogP contribution in [0.4, 0.5) is 11.4 Å². The first-order valence-corrected chi connectivity index (χ1v) is 16.9. The number of hydrogen-bond donors (Lipinski definition) is 0. The smallest absolute Gasteiger partial charge is 0.144 e. The van der Waals surface area contributed by atoms with Gasteiger partial charge in [-0.15, -0.1) is 11.3 Å². The summed E-state index contributed by atoms with van der Waals surface area (Å²) in [4.78, 5) is 7.58. The van der Waals surface area contributed by atoms with Crippen LogP contribution in [0.15, 0.2) is 158 Å². The van der Waals surface area contributed by atoms with Crippen LogP contribution in [-0.2, 0) is 0 Å². The van der Waals surface area contributed by atoms with Crippen LogP contribution in [-0.4, -0.2) is 17.1 Å². The number of rotatable bonds is 3. The zero-order chi connectivity index (χ0) is 30.9. The number of aromatic nitrogens is 1. The maximum absolute atomic E-state index is 6.39. The topological polar surface area (TPSA) is 25.4 Å². The molecule has 3 nitrogen and oxygen atoms in total. The van der Waals surface area contributed by atoms with Gasteiger partial charge in [0.15, 0.2) is 0 Å². The highest BCUT2D eigenvalue weighted by Crippen LogP contribution is 2.46.